The van der Waals surface area contributed by atoms with E-state index in [9.17, 15) is 0 Å². The minimum absolute atomic E-state index is 0.194. The Morgan fingerprint density at radius 1 is 1.12 bits per heavy atom. The molecule has 2 N–H and O–H groups in total. The first-order valence-corrected chi connectivity index (χ1v) is 6.98. The molecule has 0 radical (unpaired) electrons. The van der Waals surface area contributed by atoms with Crippen LogP contribution in [0.15, 0.2) is 0 Å². The monoisotopic (exact) mass is 228 g/mol. The molecule has 0 aliphatic carbocycles. The smallest absolute Gasteiger partial charge is 0.0306 e. The summed E-state index contributed by atoms with van der Waals surface area (Å²) in [5.41, 5.74) is 6.21. The van der Waals surface area contributed by atoms with Crippen LogP contribution >= 0.6 is 0 Å². The van der Waals surface area contributed by atoms with Crippen molar-refractivity contribution in [1.29, 1.82) is 0 Å². The number of nitrogens with zero attached hydrogens (tertiary/aromatic N) is 1. The van der Waals surface area contributed by atoms with Crippen molar-refractivity contribution in [3.05, 3.63) is 0 Å². The average molecular weight is 228 g/mol. The van der Waals surface area contributed by atoms with Gasteiger partial charge in [0, 0.05) is 18.1 Å². The van der Waals surface area contributed by atoms with Gasteiger partial charge in [0.25, 0.3) is 0 Å². The molecule has 2 heteroatoms. The Morgan fingerprint density at radius 2 is 1.75 bits per heavy atom. The van der Waals surface area contributed by atoms with Crippen molar-refractivity contribution in [2.24, 2.45) is 5.73 Å². The van der Waals surface area contributed by atoms with E-state index in [0.717, 1.165) is 13.1 Å². The summed E-state index contributed by atoms with van der Waals surface area (Å²) in [5, 5.41) is 0. The minimum Gasteiger partial charge on any atom is -0.329 e. The molecule has 0 saturated carbocycles. The Hall–Kier alpha value is -0.0800. The van der Waals surface area contributed by atoms with Crippen molar-refractivity contribution in [2.45, 2.75) is 78.3 Å². The molecule has 0 rings (SSSR count). The maximum atomic E-state index is 6.02. The standard InChI is InChI=1S/C14H32N2/c1-6-8-9-10-14(5,12-15)16(11-7-2)13(3)4/h13H,6-12,15H2,1-5H3. The van der Waals surface area contributed by atoms with Crippen molar-refractivity contribution in [2.75, 3.05) is 13.1 Å². The lowest BCUT2D eigenvalue weighted by atomic mass is 9.90. The van der Waals surface area contributed by atoms with Crippen LogP contribution in [0.2, 0.25) is 0 Å². The maximum absolute atomic E-state index is 6.02. The molecule has 98 valence electrons. The normalized spacial score (nSPS) is 15.8. The summed E-state index contributed by atoms with van der Waals surface area (Å²) in [6, 6.07) is 0.593. The first-order chi connectivity index (χ1) is 7.51. The highest BCUT2D eigenvalue weighted by Crippen LogP contribution is 2.24. The number of unbranched alkanes of at least 4 members (excludes halogenated alkanes) is 2. The largest absolute Gasteiger partial charge is 0.329 e. The quantitative estimate of drug-likeness (QED) is 0.613. The Balaban J connectivity index is 4.46. The van der Waals surface area contributed by atoms with Gasteiger partial charge in [-0.05, 0) is 40.2 Å². The predicted molar refractivity (Wildman–Crippen MR) is 73.7 cm³/mol. The summed E-state index contributed by atoms with van der Waals surface area (Å²) in [7, 11) is 0. The van der Waals surface area contributed by atoms with Gasteiger partial charge in [-0.25, -0.2) is 0 Å². The highest BCUT2D eigenvalue weighted by Gasteiger charge is 2.30. The molecule has 0 bridgehead atoms. The molecule has 16 heavy (non-hydrogen) atoms. The highest BCUT2D eigenvalue weighted by molar-refractivity contribution is 4.88. The van der Waals surface area contributed by atoms with Crippen molar-refractivity contribution >= 4 is 0 Å². The Morgan fingerprint density at radius 3 is 2.12 bits per heavy atom. The van der Waals surface area contributed by atoms with Crippen LogP contribution in [0.5, 0.6) is 0 Å². The van der Waals surface area contributed by atoms with Gasteiger partial charge in [0.15, 0.2) is 0 Å². The predicted octanol–water partition coefficient (Wildman–Crippen LogP) is 3.40. The summed E-state index contributed by atoms with van der Waals surface area (Å²) < 4.78 is 0. The summed E-state index contributed by atoms with van der Waals surface area (Å²) in [4.78, 5) is 2.59. The minimum atomic E-state index is 0.194. The van der Waals surface area contributed by atoms with Crippen molar-refractivity contribution in [1.82, 2.24) is 4.90 Å². The number of nitrogens with two attached hydrogens (primary N) is 1. The molecule has 0 amide bonds. The molecule has 1 atom stereocenters. The second-order valence-corrected chi connectivity index (χ2v) is 5.45. The third-order valence-corrected chi connectivity index (χ3v) is 3.54. The molecular weight excluding hydrogens is 196 g/mol. The van der Waals surface area contributed by atoms with E-state index in [1.54, 1.807) is 0 Å². The maximum Gasteiger partial charge on any atom is 0.0306 e. The molecule has 1 unspecified atom stereocenters. The second kappa shape index (κ2) is 8.08. The van der Waals surface area contributed by atoms with E-state index in [-0.39, 0.29) is 5.54 Å². The van der Waals surface area contributed by atoms with Gasteiger partial charge in [-0.2, -0.15) is 0 Å². The van der Waals surface area contributed by atoms with Crippen LogP contribution in [0.4, 0.5) is 0 Å². The Kier molecular flexibility index (Phi) is 8.04. The zero-order valence-electron chi connectivity index (χ0n) is 12.1. The molecule has 0 aromatic rings. The first kappa shape index (κ1) is 15.9. The van der Waals surface area contributed by atoms with Gasteiger partial charge in [0.2, 0.25) is 0 Å². The van der Waals surface area contributed by atoms with E-state index < -0.39 is 0 Å². The molecule has 0 aliphatic rings. The molecule has 0 aromatic carbocycles. The molecule has 0 saturated heterocycles. The molecule has 0 aliphatic heterocycles. The summed E-state index contributed by atoms with van der Waals surface area (Å²) >= 11 is 0. The molecule has 2 nitrogen and oxygen atoms in total. The van der Waals surface area contributed by atoms with Crippen LogP contribution in [-0.2, 0) is 0 Å². The van der Waals surface area contributed by atoms with Gasteiger partial charge < -0.3 is 5.73 Å². The average Bonchev–Trinajstić information content (AvgIpc) is 2.25. The van der Waals surface area contributed by atoms with E-state index in [1.165, 1.54) is 32.1 Å². The lowest BCUT2D eigenvalue weighted by Crippen LogP contribution is -2.54. The fourth-order valence-corrected chi connectivity index (χ4v) is 2.51. The molecule has 0 aromatic heterocycles. The Bertz CT molecular complexity index is 168. The zero-order chi connectivity index (χ0) is 12.6. The molecule has 0 fully saturated rings. The molecule has 0 heterocycles. The lowest BCUT2D eigenvalue weighted by Gasteiger charge is -2.43. The summed E-state index contributed by atoms with van der Waals surface area (Å²) in [6.07, 6.45) is 6.36. The van der Waals surface area contributed by atoms with Gasteiger partial charge in [0.05, 0.1) is 0 Å². The van der Waals surface area contributed by atoms with Crippen LogP contribution in [0.25, 0.3) is 0 Å². The van der Waals surface area contributed by atoms with Gasteiger partial charge in [-0.3, -0.25) is 4.90 Å². The molecule has 0 spiro atoms. The topological polar surface area (TPSA) is 29.3 Å². The van der Waals surface area contributed by atoms with Crippen molar-refractivity contribution in [3.63, 3.8) is 0 Å². The zero-order valence-corrected chi connectivity index (χ0v) is 12.1. The van der Waals surface area contributed by atoms with Crippen molar-refractivity contribution < 1.29 is 0 Å². The van der Waals surface area contributed by atoms with E-state index >= 15 is 0 Å². The van der Waals surface area contributed by atoms with E-state index in [1.807, 2.05) is 0 Å². The second-order valence-electron chi connectivity index (χ2n) is 5.45. The Labute approximate surface area is 103 Å². The molecular formula is C14H32N2. The third kappa shape index (κ3) is 4.84. The van der Waals surface area contributed by atoms with Gasteiger partial charge in [-0.15, -0.1) is 0 Å². The number of hydrogen-bond acceptors (Lipinski definition) is 2. The highest BCUT2D eigenvalue weighted by atomic mass is 15.2. The SMILES string of the molecule is CCCCCC(C)(CN)N(CCC)C(C)C. The van der Waals surface area contributed by atoms with Crippen LogP contribution in [0, 0.1) is 0 Å². The van der Waals surface area contributed by atoms with Crippen LogP contribution in [-0.4, -0.2) is 29.6 Å². The van der Waals surface area contributed by atoms with Crippen LogP contribution in [0.3, 0.4) is 0 Å². The van der Waals surface area contributed by atoms with Gasteiger partial charge in [0.1, 0.15) is 0 Å². The number of rotatable bonds is 9. The summed E-state index contributed by atoms with van der Waals surface area (Å²) in [6.45, 7) is 13.3. The first-order valence-electron chi connectivity index (χ1n) is 6.98. The summed E-state index contributed by atoms with van der Waals surface area (Å²) in [5.74, 6) is 0. The number of hydrogen-bond donors (Lipinski definition) is 1. The third-order valence-electron chi connectivity index (χ3n) is 3.54. The fraction of sp³-hybridized carbons (Fsp3) is 1.00. The van der Waals surface area contributed by atoms with E-state index in [2.05, 4.69) is 39.5 Å². The van der Waals surface area contributed by atoms with Crippen LogP contribution < -0.4 is 5.73 Å². The van der Waals surface area contributed by atoms with Gasteiger partial charge in [-0.1, -0.05) is 33.1 Å². The van der Waals surface area contributed by atoms with E-state index in [4.69, 9.17) is 5.73 Å². The fourth-order valence-electron chi connectivity index (χ4n) is 2.51. The van der Waals surface area contributed by atoms with E-state index in [0.29, 0.717) is 6.04 Å². The lowest BCUT2D eigenvalue weighted by molar-refractivity contribution is 0.0662. The van der Waals surface area contributed by atoms with Crippen molar-refractivity contribution in [3.8, 4) is 0 Å². The van der Waals surface area contributed by atoms with Gasteiger partial charge >= 0.3 is 0 Å². The van der Waals surface area contributed by atoms with Crippen LogP contribution in [0.1, 0.15) is 66.7 Å².